The van der Waals surface area contributed by atoms with Crippen LogP contribution in [0.25, 0.3) is 10.8 Å². The van der Waals surface area contributed by atoms with E-state index in [0.717, 1.165) is 89.0 Å². The molecule has 2 atom stereocenters. The Balaban J connectivity index is 0.675. The lowest BCUT2D eigenvalue weighted by Crippen LogP contribution is -2.54. The summed E-state index contributed by atoms with van der Waals surface area (Å²) in [7, 11) is 0. The molecule has 0 saturated carbocycles. The summed E-state index contributed by atoms with van der Waals surface area (Å²) in [5.41, 5.74) is 2.69. The molecule has 3 N–H and O–H groups in total. The number of hydrogen-bond donors (Lipinski definition) is 3. The molecule has 0 radical (unpaired) electrons. The van der Waals surface area contributed by atoms with Crippen LogP contribution in [-0.2, 0) is 20.9 Å². The molecule has 3 saturated heterocycles. The quantitative estimate of drug-likeness (QED) is 0.0747. The summed E-state index contributed by atoms with van der Waals surface area (Å²) >= 11 is 0. The van der Waals surface area contributed by atoms with Crippen LogP contribution in [0.15, 0.2) is 78.9 Å². The number of fused-ring (bicyclic) bond motifs is 2. The largest absolute Gasteiger partial charge is 0.494 e. The van der Waals surface area contributed by atoms with Gasteiger partial charge in [-0.1, -0.05) is 68.1 Å². The van der Waals surface area contributed by atoms with E-state index in [2.05, 4.69) is 75.1 Å². The SMILES string of the molecule is C[C@H](c1cccc2ccccc12)N1CCC(C(=O)NCc2cc(F)cc(NC(=O)N3CCN(CCCCCCCCOc4ccc5c(c4)C(=O)N(C4CCC(=O)NC4=O)C5=O)CC3)c2)CC1. The number of carbonyl (C=O) groups is 6. The molecule has 4 aromatic rings. The standard InChI is InChI=1S/C51H60FN7O7/c1-34(41-14-10-12-36-11-6-7-13-42(36)41)57-22-19-37(20-23-57)47(61)53-33-35-29-38(52)31-39(30-35)54-51(65)58-26-24-56(25-27-58)21-8-4-2-3-5-9-28-66-40-15-16-43-44(32-40)50(64)59(49(43)63)45-17-18-46(60)55-48(45)62/h6-7,10-16,29-32,34,37,45H,2-5,8-9,17-28,33H2,1H3,(H,53,61)(H,54,65)(H,55,60,62)/t34-,45?/m1/s1. The molecule has 66 heavy (non-hydrogen) atoms. The molecule has 14 nitrogen and oxygen atoms in total. The van der Waals surface area contributed by atoms with E-state index in [4.69, 9.17) is 4.74 Å². The Labute approximate surface area is 385 Å². The average Bonchev–Trinajstić information content (AvgIpc) is 3.57. The number of piperidine rings is 2. The number of hydrogen-bond acceptors (Lipinski definition) is 9. The van der Waals surface area contributed by atoms with E-state index in [0.29, 0.717) is 36.7 Å². The van der Waals surface area contributed by atoms with Crippen molar-refractivity contribution >= 4 is 52.0 Å². The van der Waals surface area contributed by atoms with Crippen molar-refractivity contribution < 1.29 is 37.9 Å². The number of anilines is 1. The van der Waals surface area contributed by atoms with Crippen molar-refractivity contribution in [2.75, 3.05) is 57.7 Å². The van der Waals surface area contributed by atoms with Gasteiger partial charge in [-0.05, 0) is 117 Å². The van der Waals surface area contributed by atoms with Crippen molar-refractivity contribution in [3.8, 4) is 5.75 Å². The molecule has 4 heterocycles. The lowest BCUT2D eigenvalue weighted by molar-refractivity contribution is -0.136. The molecule has 15 heteroatoms. The Morgan fingerprint density at radius 2 is 1.52 bits per heavy atom. The summed E-state index contributed by atoms with van der Waals surface area (Å²) in [6, 6.07) is 23.0. The summed E-state index contributed by atoms with van der Waals surface area (Å²) < 4.78 is 20.6. The number of nitrogens with zero attached hydrogens (tertiary/aromatic N) is 4. The molecular formula is C51H60FN7O7. The van der Waals surface area contributed by atoms with Crippen molar-refractivity contribution in [3.63, 3.8) is 0 Å². The Bertz CT molecular complexity index is 2440. The molecule has 4 aromatic carbocycles. The van der Waals surface area contributed by atoms with Crippen LogP contribution < -0.4 is 20.7 Å². The minimum Gasteiger partial charge on any atom is -0.494 e. The second-order valence-corrected chi connectivity index (χ2v) is 18.0. The maximum atomic E-state index is 14.7. The number of urea groups is 1. The van der Waals surface area contributed by atoms with Crippen molar-refractivity contribution in [3.05, 3.63) is 107 Å². The van der Waals surface area contributed by atoms with Crippen LogP contribution in [0.5, 0.6) is 5.75 Å². The monoisotopic (exact) mass is 901 g/mol. The first-order valence-electron chi connectivity index (χ1n) is 23.6. The number of unbranched alkanes of at least 4 members (excludes halogenated alkanes) is 5. The Kier molecular flexibility index (Phi) is 15.0. The molecule has 348 valence electrons. The third-order valence-electron chi connectivity index (χ3n) is 13.6. The van der Waals surface area contributed by atoms with E-state index < -0.39 is 35.5 Å². The molecule has 8 rings (SSSR count). The number of amides is 7. The van der Waals surface area contributed by atoms with Gasteiger partial charge in [-0.15, -0.1) is 0 Å². The number of likely N-dealkylation sites (tertiary alicyclic amines) is 1. The topological polar surface area (TPSA) is 161 Å². The highest BCUT2D eigenvalue weighted by Crippen LogP contribution is 2.33. The van der Waals surface area contributed by atoms with Crippen LogP contribution in [0.3, 0.4) is 0 Å². The molecule has 0 spiro atoms. The molecule has 7 amide bonds. The molecule has 3 fully saturated rings. The third kappa shape index (κ3) is 11.1. The zero-order valence-corrected chi connectivity index (χ0v) is 37.7. The molecule has 4 aliphatic heterocycles. The van der Waals surface area contributed by atoms with Gasteiger partial charge in [0.05, 0.1) is 17.7 Å². The van der Waals surface area contributed by atoms with Gasteiger partial charge >= 0.3 is 6.03 Å². The van der Waals surface area contributed by atoms with Crippen LogP contribution in [0.2, 0.25) is 0 Å². The van der Waals surface area contributed by atoms with E-state index in [-0.39, 0.29) is 54.4 Å². The lowest BCUT2D eigenvalue weighted by atomic mass is 9.92. The van der Waals surface area contributed by atoms with Crippen molar-refractivity contribution in [2.24, 2.45) is 5.92 Å². The van der Waals surface area contributed by atoms with Crippen LogP contribution in [0.4, 0.5) is 14.9 Å². The maximum Gasteiger partial charge on any atom is 0.321 e. The highest BCUT2D eigenvalue weighted by Gasteiger charge is 2.44. The van der Waals surface area contributed by atoms with Gasteiger partial charge in [-0.2, -0.15) is 0 Å². The van der Waals surface area contributed by atoms with Gasteiger partial charge < -0.3 is 20.3 Å². The number of imide groups is 2. The number of nitrogens with one attached hydrogen (secondary N) is 3. The number of benzene rings is 4. The lowest BCUT2D eigenvalue weighted by Gasteiger charge is -2.36. The molecule has 4 aliphatic rings. The van der Waals surface area contributed by atoms with Crippen LogP contribution in [0, 0.1) is 11.7 Å². The fourth-order valence-electron chi connectivity index (χ4n) is 9.77. The Hall–Kier alpha value is -6.19. The predicted molar refractivity (Wildman–Crippen MR) is 248 cm³/mol. The van der Waals surface area contributed by atoms with Crippen molar-refractivity contribution in [1.29, 1.82) is 0 Å². The highest BCUT2D eigenvalue weighted by molar-refractivity contribution is 6.23. The van der Waals surface area contributed by atoms with Crippen molar-refractivity contribution in [1.82, 2.24) is 30.2 Å². The minimum atomic E-state index is -1.000. The maximum absolute atomic E-state index is 14.7. The van der Waals surface area contributed by atoms with Crippen LogP contribution in [0.1, 0.15) is 109 Å². The number of ether oxygens (including phenoxy) is 1. The summed E-state index contributed by atoms with van der Waals surface area (Å²) in [5.74, 6) is -2.25. The Morgan fingerprint density at radius 1 is 0.788 bits per heavy atom. The summed E-state index contributed by atoms with van der Waals surface area (Å²) in [6.07, 6.45) is 7.86. The molecular weight excluding hydrogens is 842 g/mol. The van der Waals surface area contributed by atoms with Gasteiger partial charge in [0, 0.05) is 56.8 Å². The van der Waals surface area contributed by atoms with Gasteiger partial charge in [0.25, 0.3) is 11.8 Å². The molecule has 0 aliphatic carbocycles. The first kappa shape index (κ1) is 46.3. The van der Waals surface area contributed by atoms with Gasteiger partial charge in [0.2, 0.25) is 17.7 Å². The molecule has 0 bridgehead atoms. The zero-order chi connectivity index (χ0) is 46.2. The average molecular weight is 902 g/mol. The smallest absolute Gasteiger partial charge is 0.321 e. The summed E-state index contributed by atoms with van der Waals surface area (Å²) in [5, 5.41) is 10.6. The fourth-order valence-corrected chi connectivity index (χ4v) is 9.77. The minimum absolute atomic E-state index is 0.0268. The fraction of sp³-hybridized carbons (Fsp3) is 0.451. The number of halogens is 1. The molecule has 1 unspecified atom stereocenters. The van der Waals surface area contributed by atoms with E-state index in [9.17, 15) is 33.2 Å². The molecule has 0 aromatic heterocycles. The number of piperazine rings is 1. The van der Waals surface area contributed by atoms with E-state index in [1.54, 1.807) is 29.2 Å². The van der Waals surface area contributed by atoms with Crippen LogP contribution >= 0.6 is 0 Å². The third-order valence-corrected chi connectivity index (χ3v) is 13.6. The zero-order valence-electron chi connectivity index (χ0n) is 37.7. The van der Waals surface area contributed by atoms with Crippen molar-refractivity contribution in [2.45, 2.75) is 89.8 Å². The van der Waals surface area contributed by atoms with Gasteiger partial charge in [0.1, 0.15) is 17.6 Å². The first-order valence-corrected chi connectivity index (χ1v) is 23.6. The number of rotatable bonds is 17. The number of carbonyl (C=O) groups excluding carboxylic acids is 6. The van der Waals surface area contributed by atoms with Gasteiger partial charge in [-0.3, -0.25) is 44.0 Å². The second kappa shape index (κ2) is 21.4. The van der Waals surface area contributed by atoms with E-state index in [1.165, 1.54) is 28.5 Å². The van der Waals surface area contributed by atoms with Crippen LogP contribution in [-0.4, -0.2) is 114 Å². The highest BCUT2D eigenvalue weighted by atomic mass is 19.1. The van der Waals surface area contributed by atoms with Gasteiger partial charge in [-0.25, -0.2) is 9.18 Å². The first-order chi connectivity index (χ1) is 32.0. The summed E-state index contributed by atoms with van der Waals surface area (Å²) in [4.78, 5) is 83.8. The second-order valence-electron chi connectivity index (χ2n) is 18.0. The van der Waals surface area contributed by atoms with Gasteiger partial charge in [0.15, 0.2) is 0 Å². The summed E-state index contributed by atoms with van der Waals surface area (Å²) in [6.45, 7) is 8.19. The Morgan fingerprint density at radius 3 is 2.30 bits per heavy atom. The van der Waals surface area contributed by atoms with E-state index in [1.807, 2.05) is 0 Å². The predicted octanol–water partition coefficient (Wildman–Crippen LogP) is 7.04. The normalized spacial score (nSPS) is 18.9. The van der Waals surface area contributed by atoms with E-state index >= 15 is 0 Å².